The molecule has 0 aliphatic heterocycles. The molecule has 4 aromatic rings. The van der Waals surface area contributed by atoms with Crippen molar-refractivity contribution in [1.29, 1.82) is 5.26 Å². The van der Waals surface area contributed by atoms with Crippen molar-refractivity contribution in [2.75, 3.05) is 20.3 Å². The van der Waals surface area contributed by atoms with Gasteiger partial charge in [0.25, 0.3) is 5.91 Å². The van der Waals surface area contributed by atoms with E-state index in [1.165, 1.54) is 0 Å². The molecule has 1 N–H and O–H groups in total. The van der Waals surface area contributed by atoms with E-state index in [1.54, 1.807) is 24.1 Å². The molecule has 192 valence electrons. The van der Waals surface area contributed by atoms with Crippen molar-refractivity contribution in [3.05, 3.63) is 107 Å². The number of ether oxygens (including phenoxy) is 2. The molecule has 0 spiro atoms. The number of carbonyl (C=O) groups excluding carboxylic acids is 1. The molecule has 7 nitrogen and oxygen atoms in total. The lowest BCUT2D eigenvalue weighted by Gasteiger charge is -2.09. The molecule has 0 aliphatic carbocycles. The van der Waals surface area contributed by atoms with E-state index < -0.39 is 5.91 Å². The van der Waals surface area contributed by atoms with Crippen molar-refractivity contribution >= 4 is 23.6 Å². The Labute approximate surface area is 226 Å². The Hall–Kier alpha value is -4.38. The number of aromatic nitrogens is 2. The lowest BCUT2D eigenvalue weighted by molar-refractivity contribution is -0.117. The Morgan fingerprint density at radius 2 is 1.89 bits per heavy atom. The van der Waals surface area contributed by atoms with Gasteiger partial charge in [0.2, 0.25) is 0 Å². The Bertz CT molecular complexity index is 1460. The summed E-state index contributed by atoms with van der Waals surface area (Å²) in [5, 5.41) is 17.9. The van der Waals surface area contributed by atoms with Gasteiger partial charge in [0.15, 0.2) is 0 Å². The van der Waals surface area contributed by atoms with Crippen LogP contribution in [0, 0.1) is 11.3 Å². The highest BCUT2D eigenvalue weighted by Crippen LogP contribution is 2.29. The standard InChI is InChI=1S/C30H27ClN4O3/c1-37-16-8-15-33-30(36)24(19-32)17-25-20-35(26-11-3-2-4-12-26)34-29(25)22-10-7-13-27(18-22)38-21-23-9-5-6-14-28(23)31/h2-7,9-14,17-18,20H,8,15-16,21H2,1H3,(H,33,36). The third kappa shape index (κ3) is 6.88. The summed E-state index contributed by atoms with van der Waals surface area (Å²) in [5.74, 6) is 0.196. The highest BCUT2D eigenvalue weighted by atomic mass is 35.5. The van der Waals surface area contributed by atoms with Gasteiger partial charge in [-0.25, -0.2) is 4.68 Å². The van der Waals surface area contributed by atoms with Crippen LogP contribution in [-0.2, 0) is 16.1 Å². The van der Waals surface area contributed by atoms with E-state index in [1.807, 2.05) is 84.9 Å². The van der Waals surface area contributed by atoms with Crippen LogP contribution in [0.1, 0.15) is 17.5 Å². The summed E-state index contributed by atoms with van der Waals surface area (Å²) >= 11 is 6.27. The molecule has 0 bridgehead atoms. The normalized spacial score (nSPS) is 11.1. The van der Waals surface area contributed by atoms with Crippen molar-refractivity contribution in [3.63, 3.8) is 0 Å². The second kappa shape index (κ2) is 13.2. The summed E-state index contributed by atoms with van der Waals surface area (Å²) in [6.45, 7) is 1.25. The zero-order chi connectivity index (χ0) is 26.7. The fourth-order valence-electron chi connectivity index (χ4n) is 3.76. The SMILES string of the molecule is COCCCNC(=O)C(C#N)=Cc1cn(-c2ccccc2)nc1-c1cccc(OCc2ccccc2Cl)c1. The number of rotatable bonds is 11. The molecule has 0 fully saturated rings. The summed E-state index contributed by atoms with van der Waals surface area (Å²) in [6, 6.07) is 26.7. The molecule has 0 unspecified atom stereocenters. The molecule has 38 heavy (non-hydrogen) atoms. The zero-order valence-corrected chi connectivity index (χ0v) is 21.7. The number of para-hydroxylation sites is 1. The van der Waals surface area contributed by atoms with Gasteiger partial charge >= 0.3 is 0 Å². The monoisotopic (exact) mass is 526 g/mol. The van der Waals surface area contributed by atoms with E-state index in [2.05, 4.69) is 5.32 Å². The number of nitriles is 1. The first-order valence-electron chi connectivity index (χ1n) is 12.1. The Balaban J connectivity index is 1.66. The van der Waals surface area contributed by atoms with Crippen molar-refractivity contribution in [2.45, 2.75) is 13.0 Å². The number of carbonyl (C=O) groups is 1. The third-order valence-corrected chi connectivity index (χ3v) is 6.07. The highest BCUT2D eigenvalue weighted by Gasteiger charge is 2.16. The van der Waals surface area contributed by atoms with Crippen molar-refractivity contribution in [2.24, 2.45) is 0 Å². The smallest absolute Gasteiger partial charge is 0.261 e. The fraction of sp³-hybridized carbons (Fsp3) is 0.167. The van der Waals surface area contributed by atoms with Crippen LogP contribution in [0.5, 0.6) is 5.75 Å². The third-order valence-electron chi connectivity index (χ3n) is 5.70. The maximum absolute atomic E-state index is 12.7. The van der Waals surface area contributed by atoms with Gasteiger partial charge in [-0.2, -0.15) is 10.4 Å². The van der Waals surface area contributed by atoms with Crippen LogP contribution in [0.4, 0.5) is 0 Å². The number of nitrogens with one attached hydrogen (secondary N) is 1. The van der Waals surface area contributed by atoms with Crippen LogP contribution in [0.15, 0.2) is 90.6 Å². The summed E-state index contributed by atoms with van der Waals surface area (Å²) < 4.78 is 12.8. The van der Waals surface area contributed by atoms with Crippen LogP contribution in [-0.4, -0.2) is 35.9 Å². The molecule has 0 aliphatic rings. The first-order chi connectivity index (χ1) is 18.6. The van der Waals surface area contributed by atoms with Gasteiger partial charge in [-0.05, 0) is 42.8 Å². The van der Waals surface area contributed by atoms with E-state index in [4.69, 9.17) is 26.2 Å². The molecule has 0 saturated heterocycles. The van der Waals surface area contributed by atoms with Gasteiger partial charge in [-0.1, -0.05) is 60.1 Å². The van der Waals surface area contributed by atoms with Gasteiger partial charge in [0.1, 0.15) is 29.7 Å². The van der Waals surface area contributed by atoms with E-state index in [-0.39, 0.29) is 5.57 Å². The number of hydrogen-bond acceptors (Lipinski definition) is 5. The molecule has 0 atom stereocenters. The molecule has 0 saturated carbocycles. The fourth-order valence-corrected chi connectivity index (χ4v) is 3.95. The molecule has 3 aromatic carbocycles. The number of benzene rings is 3. The van der Waals surface area contributed by atoms with Crippen LogP contribution >= 0.6 is 11.6 Å². The molecule has 0 radical (unpaired) electrons. The molecule has 1 aromatic heterocycles. The van der Waals surface area contributed by atoms with Crippen molar-refractivity contribution < 1.29 is 14.3 Å². The quantitative estimate of drug-likeness (QED) is 0.151. The molecular weight excluding hydrogens is 500 g/mol. The lowest BCUT2D eigenvalue weighted by Crippen LogP contribution is -2.26. The lowest BCUT2D eigenvalue weighted by atomic mass is 10.1. The van der Waals surface area contributed by atoms with Gasteiger partial charge < -0.3 is 14.8 Å². The van der Waals surface area contributed by atoms with E-state index in [9.17, 15) is 10.1 Å². The number of amides is 1. The number of hydrogen-bond donors (Lipinski definition) is 1. The predicted octanol–water partition coefficient (Wildman–Crippen LogP) is 5.83. The Morgan fingerprint density at radius 3 is 2.66 bits per heavy atom. The van der Waals surface area contributed by atoms with E-state index in [0.29, 0.717) is 48.2 Å². The summed E-state index contributed by atoms with van der Waals surface area (Å²) in [4.78, 5) is 12.7. The van der Waals surface area contributed by atoms with Gasteiger partial charge in [0.05, 0.1) is 5.69 Å². The van der Waals surface area contributed by atoms with Crippen molar-refractivity contribution in [1.82, 2.24) is 15.1 Å². The van der Waals surface area contributed by atoms with Crippen molar-refractivity contribution in [3.8, 4) is 28.8 Å². The van der Waals surface area contributed by atoms with Gasteiger partial charge in [-0.15, -0.1) is 0 Å². The maximum atomic E-state index is 12.7. The summed E-state index contributed by atoms with van der Waals surface area (Å²) in [7, 11) is 1.60. The molecule has 8 heteroatoms. The first kappa shape index (κ1) is 26.7. The maximum Gasteiger partial charge on any atom is 0.261 e. The Morgan fingerprint density at radius 1 is 1.11 bits per heavy atom. The highest BCUT2D eigenvalue weighted by molar-refractivity contribution is 6.31. The molecule has 1 amide bonds. The number of nitrogens with zero attached hydrogens (tertiary/aromatic N) is 3. The predicted molar refractivity (Wildman–Crippen MR) is 148 cm³/mol. The first-order valence-corrected chi connectivity index (χ1v) is 12.5. The average molecular weight is 527 g/mol. The topological polar surface area (TPSA) is 89.2 Å². The minimum Gasteiger partial charge on any atom is -0.489 e. The van der Waals surface area contributed by atoms with Crippen LogP contribution in [0.3, 0.4) is 0 Å². The second-order valence-electron chi connectivity index (χ2n) is 8.39. The van der Waals surface area contributed by atoms with Gasteiger partial charge in [-0.3, -0.25) is 4.79 Å². The van der Waals surface area contributed by atoms with Crippen LogP contribution in [0.25, 0.3) is 23.0 Å². The van der Waals surface area contributed by atoms with E-state index in [0.717, 1.165) is 16.8 Å². The molecule has 1 heterocycles. The average Bonchev–Trinajstić information content (AvgIpc) is 3.38. The zero-order valence-electron chi connectivity index (χ0n) is 20.9. The van der Waals surface area contributed by atoms with Gasteiger partial charge in [0, 0.05) is 48.2 Å². The molecular formula is C30H27ClN4O3. The largest absolute Gasteiger partial charge is 0.489 e. The Kier molecular flexibility index (Phi) is 9.30. The minimum atomic E-state index is -0.446. The van der Waals surface area contributed by atoms with Crippen LogP contribution in [0.2, 0.25) is 5.02 Å². The summed E-state index contributed by atoms with van der Waals surface area (Å²) in [6.07, 6.45) is 4.02. The minimum absolute atomic E-state index is 0.0117. The second-order valence-corrected chi connectivity index (χ2v) is 8.80. The summed E-state index contributed by atoms with van der Waals surface area (Å²) in [5.41, 5.74) is 3.73. The van der Waals surface area contributed by atoms with E-state index >= 15 is 0 Å². The number of halogens is 1. The molecule has 4 rings (SSSR count). The van der Waals surface area contributed by atoms with Crippen LogP contribution < -0.4 is 10.1 Å². The number of methoxy groups -OCH3 is 1.